The maximum absolute atomic E-state index is 13.0. The largest absolute Gasteiger partial charge is 0.416 e. The van der Waals surface area contributed by atoms with Crippen molar-refractivity contribution >= 4 is 17.3 Å². The van der Waals surface area contributed by atoms with Gasteiger partial charge >= 0.3 is 6.18 Å². The summed E-state index contributed by atoms with van der Waals surface area (Å²) in [5.41, 5.74) is 0.0768. The molecule has 0 aromatic heterocycles. The van der Waals surface area contributed by atoms with Crippen LogP contribution in [0.25, 0.3) is 0 Å². The maximum atomic E-state index is 13.0. The van der Waals surface area contributed by atoms with Gasteiger partial charge in [-0.2, -0.15) is 13.2 Å². The Labute approximate surface area is 144 Å². The zero-order chi connectivity index (χ0) is 18.6. The number of hydrogen-bond acceptors (Lipinski definition) is 4. The zero-order valence-corrected chi connectivity index (χ0v) is 14.1. The lowest BCUT2D eigenvalue weighted by Gasteiger charge is -2.36. The normalized spacial score (nSPS) is 16.0. The predicted octanol–water partition coefficient (Wildman–Crippen LogP) is 2.33. The second kappa shape index (κ2) is 7.88. The number of nitrogens with zero attached hydrogens (tertiary/aromatic N) is 2. The first-order valence-electron chi connectivity index (χ1n) is 7.98. The van der Waals surface area contributed by atoms with Crippen molar-refractivity contribution in [1.82, 2.24) is 4.90 Å². The van der Waals surface area contributed by atoms with Crippen molar-refractivity contribution in [2.75, 3.05) is 49.5 Å². The number of β-amino-alcohol motifs (C(OH)–C–C–N with tert-alkyl or cyclic N) is 1. The van der Waals surface area contributed by atoms with E-state index in [1.54, 1.807) is 0 Å². The van der Waals surface area contributed by atoms with E-state index in [4.69, 9.17) is 5.11 Å². The second-order valence-electron chi connectivity index (χ2n) is 6.02. The zero-order valence-electron chi connectivity index (χ0n) is 14.1. The van der Waals surface area contributed by atoms with Crippen LogP contribution in [-0.2, 0) is 11.0 Å². The van der Waals surface area contributed by atoms with E-state index in [2.05, 4.69) is 16.8 Å². The minimum Gasteiger partial charge on any atom is -0.395 e. The number of alkyl halides is 3. The summed E-state index contributed by atoms with van der Waals surface area (Å²) in [6, 6.07) is 3.36. The minimum absolute atomic E-state index is 0.0696. The van der Waals surface area contributed by atoms with Crippen LogP contribution in [0.1, 0.15) is 12.5 Å². The molecule has 1 aliphatic rings. The average molecular weight is 357 g/mol. The molecule has 1 aliphatic heterocycles. The van der Waals surface area contributed by atoms with Crippen LogP contribution in [0.4, 0.5) is 24.5 Å². The number of nitrogens with one attached hydrogen (secondary N) is 1. The molecule has 0 atom stereocenters. The van der Waals surface area contributed by atoms with Crippen molar-refractivity contribution < 1.29 is 23.1 Å². The van der Waals surface area contributed by atoms with E-state index in [1.165, 1.54) is 13.0 Å². The third kappa shape index (κ3) is 4.96. The van der Waals surface area contributed by atoms with E-state index in [1.807, 2.05) is 4.90 Å². The Balaban J connectivity index is 2.27. The van der Waals surface area contributed by atoms with Crippen molar-refractivity contribution in [3.05, 3.63) is 35.9 Å². The molecule has 138 valence electrons. The van der Waals surface area contributed by atoms with Gasteiger partial charge in [0.05, 0.1) is 23.5 Å². The molecule has 1 aromatic rings. The van der Waals surface area contributed by atoms with Crippen molar-refractivity contribution in [3.8, 4) is 0 Å². The number of halogens is 3. The van der Waals surface area contributed by atoms with E-state index in [0.717, 1.165) is 12.1 Å². The summed E-state index contributed by atoms with van der Waals surface area (Å²) in [6.07, 6.45) is -4.49. The van der Waals surface area contributed by atoms with Gasteiger partial charge in [-0.3, -0.25) is 9.69 Å². The number of hydrogen-bond donors (Lipinski definition) is 2. The molecule has 1 saturated heterocycles. The molecule has 1 amide bonds. The number of carbonyl (C=O) groups is 1. The molecule has 1 fully saturated rings. The van der Waals surface area contributed by atoms with Crippen LogP contribution in [0, 0.1) is 0 Å². The molecule has 8 heteroatoms. The van der Waals surface area contributed by atoms with E-state index in [-0.39, 0.29) is 17.9 Å². The van der Waals surface area contributed by atoms with Crippen molar-refractivity contribution in [2.24, 2.45) is 0 Å². The molecule has 0 aliphatic carbocycles. The third-order valence-electron chi connectivity index (χ3n) is 4.09. The molecule has 0 bridgehead atoms. The monoisotopic (exact) mass is 357 g/mol. The van der Waals surface area contributed by atoms with E-state index >= 15 is 0 Å². The first kappa shape index (κ1) is 19.3. The highest BCUT2D eigenvalue weighted by molar-refractivity contribution is 6.04. The van der Waals surface area contributed by atoms with Gasteiger partial charge in [0.15, 0.2) is 0 Å². The van der Waals surface area contributed by atoms with Crippen LogP contribution in [0.5, 0.6) is 0 Å². The van der Waals surface area contributed by atoms with Gasteiger partial charge in [0, 0.05) is 38.3 Å². The van der Waals surface area contributed by atoms with E-state index in [0.29, 0.717) is 38.4 Å². The summed E-state index contributed by atoms with van der Waals surface area (Å²) in [6.45, 7) is 8.23. The Bertz CT molecular complexity index is 639. The first-order valence-corrected chi connectivity index (χ1v) is 7.98. The van der Waals surface area contributed by atoms with Crippen molar-refractivity contribution in [3.63, 3.8) is 0 Å². The van der Waals surface area contributed by atoms with Crippen molar-refractivity contribution in [2.45, 2.75) is 13.1 Å². The van der Waals surface area contributed by atoms with E-state index < -0.39 is 17.6 Å². The Hall–Kier alpha value is -2.06. The topological polar surface area (TPSA) is 55.8 Å². The molecule has 0 saturated carbocycles. The van der Waals surface area contributed by atoms with Crippen LogP contribution < -0.4 is 10.2 Å². The number of aliphatic hydroxyl groups excluding tert-OH is 1. The van der Waals surface area contributed by atoms with Crippen LogP contribution in [-0.4, -0.2) is 55.2 Å². The summed E-state index contributed by atoms with van der Waals surface area (Å²) in [7, 11) is 0. The fourth-order valence-electron chi connectivity index (χ4n) is 2.67. The lowest BCUT2D eigenvalue weighted by Crippen LogP contribution is -2.47. The van der Waals surface area contributed by atoms with Gasteiger partial charge in [-0.25, -0.2) is 0 Å². The standard InChI is InChI=1S/C17H22F3N3O2/c1-12(2)16(25)21-14-11-13(17(18,19)20)3-4-15(14)23-7-5-22(6-8-23)9-10-24/h3-4,11,24H,1,5-10H2,2H3,(H,21,25). The summed E-state index contributed by atoms with van der Waals surface area (Å²) in [5, 5.41) is 11.5. The number of rotatable bonds is 5. The smallest absolute Gasteiger partial charge is 0.395 e. The SMILES string of the molecule is C=C(C)C(=O)Nc1cc(C(F)(F)F)ccc1N1CCN(CCO)CC1. The first-order chi connectivity index (χ1) is 11.7. The highest BCUT2D eigenvalue weighted by atomic mass is 19.4. The number of aliphatic hydroxyl groups is 1. The molecule has 5 nitrogen and oxygen atoms in total. The quantitative estimate of drug-likeness (QED) is 0.795. The molecule has 25 heavy (non-hydrogen) atoms. The number of amides is 1. The summed E-state index contributed by atoms with van der Waals surface area (Å²) in [5.74, 6) is -0.514. The summed E-state index contributed by atoms with van der Waals surface area (Å²) < 4.78 is 39.0. The van der Waals surface area contributed by atoms with Crippen LogP contribution in [0.15, 0.2) is 30.4 Å². The molecule has 0 spiro atoms. The maximum Gasteiger partial charge on any atom is 0.416 e. The number of carbonyl (C=O) groups excluding carboxylic acids is 1. The van der Waals surface area contributed by atoms with Gasteiger partial charge in [0.2, 0.25) is 0 Å². The molecule has 1 heterocycles. The Morgan fingerprint density at radius 3 is 2.44 bits per heavy atom. The summed E-state index contributed by atoms with van der Waals surface area (Å²) >= 11 is 0. The highest BCUT2D eigenvalue weighted by Crippen LogP contribution is 2.36. The highest BCUT2D eigenvalue weighted by Gasteiger charge is 2.32. The predicted molar refractivity (Wildman–Crippen MR) is 90.6 cm³/mol. The second-order valence-corrected chi connectivity index (χ2v) is 6.02. The fourth-order valence-corrected chi connectivity index (χ4v) is 2.67. The average Bonchev–Trinajstić information content (AvgIpc) is 2.55. The van der Waals surface area contributed by atoms with Gasteiger partial charge in [-0.15, -0.1) is 0 Å². The van der Waals surface area contributed by atoms with Gasteiger partial charge in [0.25, 0.3) is 5.91 Å². The Morgan fingerprint density at radius 1 is 1.28 bits per heavy atom. The van der Waals surface area contributed by atoms with Gasteiger partial charge in [0.1, 0.15) is 0 Å². The molecule has 2 N–H and O–H groups in total. The molecule has 0 unspecified atom stereocenters. The molecular weight excluding hydrogens is 335 g/mol. The van der Waals surface area contributed by atoms with Crippen molar-refractivity contribution in [1.29, 1.82) is 0 Å². The van der Waals surface area contributed by atoms with Gasteiger partial charge < -0.3 is 15.3 Å². The van der Waals surface area contributed by atoms with Crippen LogP contribution in [0.3, 0.4) is 0 Å². The van der Waals surface area contributed by atoms with Crippen LogP contribution >= 0.6 is 0 Å². The Kier molecular flexibility index (Phi) is 6.07. The lowest BCUT2D eigenvalue weighted by molar-refractivity contribution is -0.137. The molecular formula is C17H22F3N3O2. The number of piperazine rings is 1. The Morgan fingerprint density at radius 2 is 1.92 bits per heavy atom. The number of benzene rings is 1. The van der Waals surface area contributed by atoms with Crippen LogP contribution in [0.2, 0.25) is 0 Å². The summed E-state index contributed by atoms with van der Waals surface area (Å²) in [4.78, 5) is 15.9. The molecule has 2 rings (SSSR count). The minimum atomic E-state index is -4.49. The van der Waals surface area contributed by atoms with E-state index in [9.17, 15) is 18.0 Å². The molecule has 1 aromatic carbocycles. The van der Waals surface area contributed by atoms with Gasteiger partial charge in [-0.05, 0) is 25.1 Å². The van der Waals surface area contributed by atoms with Gasteiger partial charge in [-0.1, -0.05) is 6.58 Å². The lowest BCUT2D eigenvalue weighted by atomic mass is 10.1. The molecule has 0 radical (unpaired) electrons. The number of anilines is 2. The third-order valence-corrected chi connectivity index (χ3v) is 4.09. The fraction of sp³-hybridized carbons (Fsp3) is 0.471.